The van der Waals surface area contributed by atoms with Gasteiger partial charge in [0.2, 0.25) is 0 Å². The van der Waals surface area contributed by atoms with E-state index in [-0.39, 0.29) is 18.7 Å². The van der Waals surface area contributed by atoms with Gasteiger partial charge in [-0.25, -0.2) is 0 Å². The van der Waals surface area contributed by atoms with E-state index in [1.165, 1.54) is 6.92 Å². The standard InChI is InChI=1S/C6H13ClO5Si.2C2H4O2/c1-5(8)11-3-6(2-7)12-4-13(9)10;2*1-2(3)4/h6,9-10,13H,2-4H2,1H3;2*1H3,(H,3,4). The predicted molar refractivity (Wildman–Crippen MR) is 75.3 cm³/mol. The first-order valence-electron chi connectivity index (χ1n) is 5.59. The highest BCUT2D eigenvalue weighted by molar-refractivity contribution is 6.40. The van der Waals surface area contributed by atoms with E-state index < -0.39 is 33.3 Å². The molecule has 0 aliphatic rings. The molecular formula is C10H21ClO9Si. The molecule has 1 unspecified atom stereocenters. The third-order valence-corrected chi connectivity index (χ3v) is 1.96. The van der Waals surface area contributed by atoms with Gasteiger partial charge in [0.1, 0.15) is 12.7 Å². The maximum absolute atomic E-state index is 10.4. The van der Waals surface area contributed by atoms with Gasteiger partial charge in [-0.3, -0.25) is 14.4 Å². The molecule has 0 amide bonds. The first-order valence-corrected chi connectivity index (χ1v) is 7.97. The Labute approximate surface area is 128 Å². The number of carbonyl (C=O) groups excluding carboxylic acids is 1. The summed E-state index contributed by atoms with van der Waals surface area (Å²) in [6.07, 6.45) is -0.585. The van der Waals surface area contributed by atoms with Crippen molar-refractivity contribution in [3.63, 3.8) is 0 Å². The molecule has 0 aromatic carbocycles. The second-order valence-electron chi connectivity index (χ2n) is 3.43. The largest absolute Gasteiger partial charge is 0.481 e. The highest BCUT2D eigenvalue weighted by atomic mass is 35.5. The zero-order valence-electron chi connectivity index (χ0n) is 12.0. The smallest absolute Gasteiger partial charge is 0.342 e. The summed E-state index contributed by atoms with van der Waals surface area (Å²) in [6.45, 7) is 3.49. The van der Waals surface area contributed by atoms with E-state index in [9.17, 15) is 4.79 Å². The van der Waals surface area contributed by atoms with E-state index in [0.717, 1.165) is 13.8 Å². The molecule has 0 saturated heterocycles. The number of rotatable bonds is 6. The molecule has 1 atom stereocenters. The predicted octanol–water partition coefficient (Wildman–Crippen LogP) is -0.900. The minimum atomic E-state index is -2.71. The van der Waals surface area contributed by atoms with Crippen molar-refractivity contribution >= 4 is 38.8 Å². The lowest BCUT2D eigenvalue weighted by atomic mass is 10.4. The van der Waals surface area contributed by atoms with Crippen LogP contribution in [0.25, 0.3) is 0 Å². The Morgan fingerprint density at radius 1 is 1.10 bits per heavy atom. The number of hydrogen-bond donors (Lipinski definition) is 4. The van der Waals surface area contributed by atoms with Crippen LogP contribution < -0.4 is 0 Å². The van der Waals surface area contributed by atoms with Gasteiger partial charge < -0.3 is 29.3 Å². The van der Waals surface area contributed by atoms with Crippen molar-refractivity contribution in [2.75, 3.05) is 18.7 Å². The maximum atomic E-state index is 10.4. The van der Waals surface area contributed by atoms with Crippen molar-refractivity contribution in [1.82, 2.24) is 0 Å². The number of carboxylic acids is 2. The third kappa shape index (κ3) is 45.5. The van der Waals surface area contributed by atoms with Crippen molar-refractivity contribution in [3.05, 3.63) is 0 Å². The molecule has 0 fully saturated rings. The molecule has 11 heteroatoms. The van der Waals surface area contributed by atoms with Crippen molar-refractivity contribution in [2.45, 2.75) is 26.9 Å². The summed E-state index contributed by atoms with van der Waals surface area (Å²) in [6, 6.07) is 0. The zero-order valence-corrected chi connectivity index (χ0v) is 13.9. The van der Waals surface area contributed by atoms with Crippen LogP contribution in [-0.4, -0.2) is 71.8 Å². The Kier molecular flexibility index (Phi) is 19.9. The summed E-state index contributed by atoms with van der Waals surface area (Å²) in [4.78, 5) is 45.6. The number of carbonyl (C=O) groups is 3. The van der Waals surface area contributed by atoms with Crippen LogP contribution in [-0.2, 0) is 23.9 Å². The lowest BCUT2D eigenvalue weighted by Gasteiger charge is -2.14. The minimum absolute atomic E-state index is 0.0416. The number of aliphatic carboxylic acids is 2. The molecule has 4 N–H and O–H groups in total. The van der Waals surface area contributed by atoms with Crippen molar-refractivity contribution in [1.29, 1.82) is 0 Å². The fourth-order valence-corrected chi connectivity index (χ4v) is 1.19. The second kappa shape index (κ2) is 16.9. The van der Waals surface area contributed by atoms with Crippen molar-refractivity contribution < 1.29 is 43.7 Å². The monoisotopic (exact) mass is 348 g/mol. The molecule has 0 spiro atoms. The van der Waals surface area contributed by atoms with E-state index in [0.29, 0.717) is 0 Å². The van der Waals surface area contributed by atoms with Crippen LogP contribution >= 0.6 is 11.6 Å². The molecular weight excluding hydrogens is 328 g/mol. The van der Waals surface area contributed by atoms with E-state index in [1.807, 2.05) is 0 Å². The molecule has 21 heavy (non-hydrogen) atoms. The fraction of sp³-hybridized carbons (Fsp3) is 0.700. The Morgan fingerprint density at radius 2 is 1.48 bits per heavy atom. The van der Waals surface area contributed by atoms with Crippen molar-refractivity contribution in [2.24, 2.45) is 0 Å². The molecule has 0 aromatic rings. The number of esters is 1. The van der Waals surface area contributed by atoms with Gasteiger partial charge in [-0.15, -0.1) is 11.6 Å². The van der Waals surface area contributed by atoms with Gasteiger partial charge >= 0.3 is 15.3 Å². The number of ether oxygens (including phenoxy) is 2. The van der Waals surface area contributed by atoms with E-state index in [4.69, 9.17) is 45.7 Å². The van der Waals surface area contributed by atoms with E-state index >= 15 is 0 Å². The number of alkyl halides is 1. The summed E-state index contributed by atoms with van der Waals surface area (Å²) in [5.41, 5.74) is 0. The average Bonchev–Trinajstić information content (AvgIpc) is 2.27. The van der Waals surface area contributed by atoms with Crippen LogP contribution in [0.5, 0.6) is 0 Å². The van der Waals surface area contributed by atoms with Gasteiger partial charge in [0.25, 0.3) is 11.9 Å². The number of hydrogen-bond acceptors (Lipinski definition) is 7. The molecule has 0 aliphatic heterocycles. The first kappa shape index (κ1) is 24.8. The average molecular weight is 349 g/mol. The van der Waals surface area contributed by atoms with Gasteiger partial charge in [-0.05, 0) is 0 Å². The van der Waals surface area contributed by atoms with Crippen LogP contribution in [0.2, 0.25) is 0 Å². The third-order valence-electron chi connectivity index (χ3n) is 1.13. The minimum Gasteiger partial charge on any atom is -0.481 e. The lowest BCUT2D eigenvalue weighted by molar-refractivity contribution is -0.144. The molecule has 126 valence electrons. The van der Waals surface area contributed by atoms with Gasteiger partial charge in [0.15, 0.2) is 0 Å². The normalized spacial score (nSPS) is 10.4. The summed E-state index contributed by atoms with van der Waals surface area (Å²) in [5, 5.41) is 14.8. The number of carboxylic acid groups (broad SMARTS) is 2. The highest BCUT2D eigenvalue weighted by Gasteiger charge is 2.12. The van der Waals surface area contributed by atoms with Crippen LogP contribution in [0, 0.1) is 0 Å². The maximum Gasteiger partial charge on any atom is 0.342 e. The topological polar surface area (TPSA) is 151 Å². The summed E-state index contributed by atoms with van der Waals surface area (Å²) < 4.78 is 9.59. The highest BCUT2D eigenvalue weighted by Crippen LogP contribution is 1.97. The van der Waals surface area contributed by atoms with Gasteiger partial charge in [0.05, 0.1) is 12.1 Å². The second-order valence-corrected chi connectivity index (χ2v) is 5.03. The molecule has 9 nitrogen and oxygen atoms in total. The summed E-state index contributed by atoms with van der Waals surface area (Å²) >= 11 is 5.47. The fourth-order valence-electron chi connectivity index (χ4n) is 0.570. The first-order chi connectivity index (χ1) is 9.52. The molecule has 0 bridgehead atoms. The van der Waals surface area contributed by atoms with E-state index in [1.54, 1.807) is 0 Å². The Morgan fingerprint density at radius 3 is 1.71 bits per heavy atom. The zero-order chi connectivity index (χ0) is 17.4. The van der Waals surface area contributed by atoms with Gasteiger partial charge in [0, 0.05) is 20.8 Å². The number of halogens is 1. The summed E-state index contributed by atoms with van der Waals surface area (Å²) in [5.74, 6) is -1.94. The van der Waals surface area contributed by atoms with Crippen LogP contribution in [0.4, 0.5) is 0 Å². The molecule has 0 aliphatic carbocycles. The van der Waals surface area contributed by atoms with Gasteiger partial charge in [-0.2, -0.15) is 0 Å². The summed E-state index contributed by atoms with van der Waals surface area (Å²) in [7, 11) is -2.71. The molecule has 0 radical (unpaired) electrons. The van der Waals surface area contributed by atoms with Crippen LogP contribution in [0.1, 0.15) is 20.8 Å². The van der Waals surface area contributed by atoms with Crippen LogP contribution in [0.3, 0.4) is 0 Å². The Bertz CT molecular complexity index is 278. The molecule has 0 saturated carbocycles. The molecule has 0 heterocycles. The lowest BCUT2D eigenvalue weighted by Crippen LogP contribution is -2.29. The molecule has 0 aromatic heterocycles. The van der Waals surface area contributed by atoms with E-state index in [2.05, 4.69) is 4.74 Å². The van der Waals surface area contributed by atoms with Gasteiger partial charge in [-0.1, -0.05) is 0 Å². The van der Waals surface area contributed by atoms with Crippen molar-refractivity contribution in [3.8, 4) is 0 Å². The SMILES string of the molecule is CC(=O)O.CC(=O)O.CC(=O)OCC(CCl)OC[SiH](O)O. The Hall–Kier alpha value is -1.20. The molecule has 0 rings (SSSR count). The Balaban J connectivity index is -0.000000334. The quantitative estimate of drug-likeness (QED) is 0.272. The van der Waals surface area contributed by atoms with Crippen LogP contribution in [0.15, 0.2) is 0 Å².